The topological polar surface area (TPSA) is 42.1 Å². The first kappa shape index (κ1) is 15.7. The van der Waals surface area contributed by atoms with Gasteiger partial charge in [-0.15, -0.1) is 0 Å². The highest BCUT2D eigenvalue weighted by Crippen LogP contribution is 2.37. The average Bonchev–Trinajstić information content (AvgIpc) is 3.01. The number of aromatic amines is 1. The van der Waals surface area contributed by atoms with Crippen molar-refractivity contribution in [3.63, 3.8) is 0 Å². The molecule has 1 aromatic heterocycles. The number of benzene rings is 1. The number of hydrogen-bond donors (Lipinski definition) is 1. The Balaban J connectivity index is 1.91. The Morgan fingerprint density at radius 3 is 2.96 bits per heavy atom. The largest absolute Gasteiger partial charge is 0.465 e. The summed E-state index contributed by atoms with van der Waals surface area (Å²) in [5.41, 5.74) is 2.00. The quantitative estimate of drug-likeness (QED) is 0.872. The number of esters is 1. The summed E-state index contributed by atoms with van der Waals surface area (Å²) in [5.74, 6) is -1.84. The summed E-state index contributed by atoms with van der Waals surface area (Å²) in [6, 6.07) is 5.98. The molecule has 0 bridgehead atoms. The van der Waals surface area contributed by atoms with E-state index < -0.39 is 17.6 Å². The lowest BCUT2D eigenvalue weighted by molar-refractivity contribution is -0.146. The lowest BCUT2D eigenvalue weighted by atomic mass is 9.75. The SMILES string of the molecule is CCOC(=O)C(c1ccc[nH]1)C1CCc2c(F)cc(F)cc2C1. The Morgan fingerprint density at radius 2 is 2.26 bits per heavy atom. The minimum Gasteiger partial charge on any atom is -0.465 e. The van der Waals surface area contributed by atoms with E-state index in [0.717, 1.165) is 11.8 Å². The fraction of sp³-hybridized carbons (Fsp3) is 0.389. The molecule has 1 heterocycles. The van der Waals surface area contributed by atoms with Gasteiger partial charge in [-0.2, -0.15) is 0 Å². The minimum atomic E-state index is -0.575. The van der Waals surface area contributed by atoms with Crippen LogP contribution in [0.2, 0.25) is 0 Å². The smallest absolute Gasteiger partial charge is 0.315 e. The first-order valence-corrected chi connectivity index (χ1v) is 7.86. The zero-order chi connectivity index (χ0) is 16.4. The second-order valence-corrected chi connectivity index (χ2v) is 5.88. The Labute approximate surface area is 133 Å². The van der Waals surface area contributed by atoms with Crippen molar-refractivity contribution in [1.29, 1.82) is 0 Å². The molecule has 0 saturated heterocycles. The minimum absolute atomic E-state index is 0.0404. The maximum atomic E-state index is 13.9. The molecule has 1 N–H and O–H groups in total. The van der Waals surface area contributed by atoms with E-state index in [0.29, 0.717) is 37.0 Å². The van der Waals surface area contributed by atoms with E-state index in [1.807, 2.05) is 12.1 Å². The number of aromatic nitrogens is 1. The molecular formula is C18H19F2NO2. The van der Waals surface area contributed by atoms with Gasteiger partial charge in [-0.3, -0.25) is 4.79 Å². The summed E-state index contributed by atoms with van der Waals surface area (Å²) in [7, 11) is 0. The Bertz CT molecular complexity index is 697. The molecule has 0 radical (unpaired) electrons. The molecular weight excluding hydrogens is 300 g/mol. The number of H-pyrrole nitrogens is 1. The maximum Gasteiger partial charge on any atom is 0.315 e. The van der Waals surface area contributed by atoms with Gasteiger partial charge in [0.15, 0.2) is 0 Å². The lowest BCUT2D eigenvalue weighted by Gasteiger charge is -2.30. The van der Waals surface area contributed by atoms with Gasteiger partial charge in [0.2, 0.25) is 0 Å². The molecule has 1 aliphatic carbocycles. The molecule has 122 valence electrons. The Morgan fingerprint density at radius 1 is 1.43 bits per heavy atom. The second kappa shape index (κ2) is 6.52. The fourth-order valence-electron chi connectivity index (χ4n) is 3.46. The van der Waals surface area contributed by atoms with Crippen molar-refractivity contribution in [2.75, 3.05) is 6.61 Å². The van der Waals surface area contributed by atoms with E-state index in [9.17, 15) is 13.6 Å². The molecule has 2 aromatic rings. The zero-order valence-corrected chi connectivity index (χ0v) is 12.9. The predicted octanol–water partition coefficient (Wildman–Crippen LogP) is 3.74. The van der Waals surface area contributed by atoms with Crippen molar-refractivity contribution >= 4 is 5.97 Å². The van der Waals surface area contributed by atoms with Gasteiger partial charge in [-0.1, -0.05) is 0 Å². The monoisotopic (exact) mass is 319 g/mol. The van der Waals surface area contributed by atoms with Crippen molar-refractivity contribution in [1.82, 2.24) is 4.98 Å². The number of rotatable bonds is 4. The van der Waals surface area contributed by atoms with Crippen molar-refractivity contribution in [2.24, 2.45) is 5.92 Å². The average molecular weight is 319 g/mol. The summed E-state index contributed by atoms with van der Waals surface area (Å²) in [5, 5.41) is 0. The van der Waals surface area contributed by atoms with Gasteiger partial charge < -0.3 is 9.72 Å². The van der Waals surface area contributed by atoms with Gasteiger partial charge in [0, 0.05) is 18.0 Å². The van der Waals surface area contributed by atoms with Crippen molar-refractivity contribution in [3.05, 3.63) is 58.9 Å². The molecule has 0 aliphatic heterocycles. The molecule has 5 heteroatoms. The number of ether oxygens (including phenoxy) is 1. The maximum absolute atomic E-state index is 13.9. The van der Waals surface area contributed by atoms with Crippen LogP contribution in [0.15, 0.2) is 30.5 Å². The lowest BCUT2D eigenvalue weighted by Crippen LogP contribution is -2.29. The van der Waals surface area contributed by atoms with Crippen LogP contribution in [0.5, 0.6) is 0 Å². The van der Waals surface area contributed by atoms with Gasteiger partial charge in [0.1, 0.15) is 11.6 Å². The van der Waals surface area contributed by atoms with E-state index in [-0.39, 0.29) is 11.9 Å². The summed E-state index contributed by atoms with van der Waals surface area (Å²) >= 11 is 0. The number of carbonyl (C=O) groups excluding carboxylic acids is 1. The third kappa shape index (κ3) is 3.14. The standard InChI is InChI=1S/C18H19F2NO2/c1-2-23-18(22)17(16-4-3-7-21-16)11-5-6-14-12(8-11)9-13(19)10-15(14)20/h3-4,7,9-11,17,21H,2,5-6,8H2,1H3. The van der Waals surface area contributed by atoms with Crippen LogP contribution in [0.1, 0.15) is 36.1 Å². The summed E-state index contributed by atoms with van der Waals surface area (Å²) in [6.07, 6.45) is 3.39. The summed E-state index contributed by atoms with van der Waals surface area (Å²) in [4.78, 5) is 15.5. The third-order valence-corrected chi connectivity index (χ3v) is 4.47. The van der Waals surface area contributed by atoms with Gasteiger partial charge >= 0.3 is 5.97 Å². The van der Waals surface area contributed by atoms with Gasteiger partial charge in [-0.05, 0) is 61.4 Å². The first-order chi connectivity index (χ1) is 11.1. The van der Waals surface area contributed by atoms with Gasteiger partial charge in [0.05, 0.1) is 12.5 Å². The van der Waals surface area contributed by atoms with Crippen LogP contribution in [0.3, 0.4) is 0 Å². The number of halogens is 2. The highest BCUT2D eigenvalue weighted by molar-refractivity contribution is 5.78. The Kier molecular flexibility index (Phi) is 4.46. The predicted molar refractivity (Wildman–Crippen MR) is 82.0 cm³/mol. The molecule has 2 unspecified atom stereocenters. The second-order valence-electron chi connectivity index (χ2n) is 5.88. The van der Waals surface area contributed by atoms with Crippen LogP contribution in [0, 0.1) is 17.6 Å². The van der Waals surface area contributed by atoms with Crippen molar-refractivity contribution in [3.8, 4) is 0 Å². The van der Waals surface area contributed by atoms with Crippen LogP contribution in [0.25, 0.3) is 0 Å². The number of fused-ring (bicyclic) bond motifs is 1. The molecule has 1 aromatic carbocycles. The summed E-state index contributed by atoms with van der Waals surface area (Å²) in [6.45, 7) is 2.08. The first-order valence-electron chi connectivity index (χ1n) is 7.86. The highest BCUT2D eigenvalue weighted by atomic mass is 19.1. The molecule has 1 aliphatic rings. The van der Waals surface area contributed by atoms with Crippen molar-refractivity contribution in [2.45, 2.75) is 32.1 Å². The van der Waals surface area contributed by atoms with Crippen LogP contribution in [-0.4, -0.2) is 17.6 Å². The molecule has 23 heavy (non-hydrogen) atoms. The molecule has 3 rings (SSSR count). The normalized spacial score (nSPS) is 18.3. The molecule has 0 fully saturated rings. The van der Waals surface area contributed by atoms with Crippen LogP contribution in [-0.2, 0) is 22.4 Å². The van der Waals surface area contributed by atoms with E-state index in [4.69, 9.17) is 4.74 Å². The summed E-state index contributed by atoms with van der Waals surface area (Å²) < 4.78 is 32.6. The fourth-order valence-corrected chi connectivity index (χ4v) is 3.46. The van der Waals surface area contributed by atoms with Gasteiger partial charge in [-0.25, -0.2) is 8.78 Å². The van der Waals surface area contributed by atoms with E-state index in [2.05, 4.69) is 4.98 Å². The number of hydrogen-bond acceptors (Lipinski definition) is 2. The molecule has 0 amide bonds. The number of nitrogens with one attached hydrogen (secondary N) is 1. The van der Waals surface area contributed by atoms with E-state index in [1.165, 1.54) is 6.07 Å². The van der Waals surface area contributed by atoms with Crippen LogP contribution >= 0.6 is 0 Å². The highest BCUT2D eigenvalue weighted by Gasteiger charge is 2.35. The van der Waals surface area contributed by atoms with Crippen LogP contribution < -0.4 is 0 Å². The van der Waals surface area contributed by atoms with Crippen molar-refractivity contribution < 1.29 is 18.3 Å². The van der Waals surface area contributed by atoms with Gasteiger partial charge in [0.25, 0.3) is 0 Å². The van der Waals surface area contributed by atoms with E-state index >= 15 is 0 Å². The van der Waals surface area contributed by atoms with E-state index in [1.54, 1.807) is 13.1 Å². The number of carbonyl (C=O) groups is 1. The van der Waals surface area contributed by atoms with Crippen LogP contribution in [0.4, 0.5) is 8.78 Å². The molecule has 3 nitrogen and oxygen atoms in total. The molecule has 0 saturated carbocycles. The molecule has 2 atom stereocenters. The zero-order valence-electron chi connectivity index (χ0n) is 12.9. The third-order valence-electron chi connectivity index (χ3n) is 4.47. The Hall–Kier alpha value is -2.17. The molecule has 0 spiro atoms.